The topological polar surface area (TPSA) is 266 Å². The van der Waals surface area contributed by atoms with E-state index in [0.29, 0.717) is 0 Å². The molecule has 2 aliphatic heterocycles. The second kappa shape index (κ2) is 14.6. The number of rotatable bonds is 10. The molecule has 0 aliphatic carbocycles. The van der Waals surface area contributed by atoms with Crippen LogP contribution in [-0.4, -0.2) is 125 Å². The predicted molar refractivity (Wildman–Crippen MR) is 155 cm³/mol. The van der Waals surface area contributed by atoms with Gasteiger partial charge in [-0.2, -0.15) is 0 Å². The summed E-state index contributed by atoms with van der Waals surface area (Å²) in [6, 6.07) is 7.24. The highest BCUT2D eigenvalue weighted by Gasteiger charge is 2.47. The summed E-state index contributed by atoms with van der Waals surface area (Å²) >= 11 is 0. The van der Waals surface area contributed by atoms with E-state index in [9.17, 15) is 40.2 Å². The number of hydrogen-bond acceptors (Lipinski definition) is 16. The van der Waals surface area contributed by atoms with Gasteiger partial charge >= 0.3 is 11.9 Å². The van der Waals surface area contributed by atoms with Crippen LogP contribution in [0.1, 0.15) is 27.6 Å². The summed E-state index contributed by atoms with van der Waals surface area (Å²) in [6.07, 6.45) is -10.8. The van der Waals surface area contributed by atoms with Crippen LogP contribution in [0, 0.1) is 5.92 Å². The summed E-state index contributed by atoms with van der Waals surface area (Å²) in [5, 5.41) is 65.6. The van der Waals surface area contributed by atoms with Gasteiger partial charge in [-0.25, -0.2) is 9.59 Å². The first kappa shape index (κ1) is 34.1. The number of aliphatic hydroxyl groups excluding tert-OH is 4. The molecule has 0 amide bonds. The van der Waals surface area contributed by atoms with E-state index in [0.717, 1.165) is 0 Å². The maximum Gasteiger partial charge on any atom is 0.342 e. The number of nitrogens with two attached hydrogens (primary N) is 2. The number of nitrogen functional groups attached to an aromatic ring is 2. The third kappa shape index (κ3) is 7.74. The average Bonchev–Trinajstić information content (AvgIpc) is 3.01. The van der Waals surface area contributed by atoms with Crippen LogP contribution in [-0.2, 0) is 23.7 Å². The minimum atomic E-state index is -1.75. The van der Waals surface area contributed by atoms with Gasteiger partial charge in [-0.1, -0.05) is 0 Å². The van der Waals surface area contributed by atoms with Gasteiger partial charge in [-0.05, 0) is 50.4 Å². The number of aromatic hydroxyl groups is 2. The average molecular weight is 638 g/mol. The van der Waals surface area contributed by atoms with Crippen LogP contribution in [0.15, 0.2) is 36.4 Å². The molecule has 0 aromatic heterocycles. The molecular formula is C29H39N3O13. The van der Waals surface area contributed by atoms with Gasteiger partial charge in [0.05, 0.1) is 18.8 Å². The minimum Gasteiger partial charge on any atom is -0.507 e. The Bertz CT molecular complexity index is 1350. The molecule has 0 saturated carbocycles. The molecule has 2 saturated heterocycles. The summed E-state index contributed by atoms with van der Waals surface area (Å²) in [5.41, 5.74) is 11.4. The monoisotopic (exact) mass is 637 g/mol. The third-order valence-corrected chi connectivity index (χ3v) is 7.87. The van der Waals surface area contributed by atoms with Gasteiger partial charge in [-0.3, -0.25) is 0 Å². The quantitative estimate of drug-likeness (QED) is 0.0811. The minimum absolute atomic E-state index is 0.157. The van der Waals surface area contributed by atoms with Gasteiger partial charge in [0.1, 0.15) is 66.4 Å². The molecule has 4 rings (SSSR count). The summed E-state index contributed by atoms with van der Waals surface area (Å²) < 4.78 is 27.7. The van der Waals surface area contributed by atoms with E-state index < -0.39 is 79.5 Å². The van der Waals surface area contributed by atoms with Crippen molar-refractivity contribution in [3.8, 4) is 11.5 Å². The number of esters is 2. The molecule has 11 N–H and O–H groups in total. The number of carbonyl (C=O) groups is 2. The number of ether oxygens (including phenoxy) is 5. The Morgan fingerprint density at radius 3 is 1.80 bits per heavy atom. The number of aliphatic hydroxyl groups is 4. The Hall–Kier alpha value is -3.74. The molecule has 16 heteroatoms. The lowest BCUT2D eigenvalue weighted by atomic mass is 9.85. The molecule has 2 fully saturated rings. The van der Waals surface area contributed by atoms with Crippen molar-refractivity contribution in [3.05, 3.63) is 47.5 Å². The van der Waals surface area contributed by atoms with Gasteiger partial charge in [0.2, 0.25) is 0 Å². The van der Waals surface area contributed by atoms with Crippen LogP contribution in [0.5, 0.6) is 11.5 Å². The van der Waals surface area contributed by atoms with Crippen molar-refractivity contribution in [1.29, 1.82) is 0 Å². The molecule has 0 spiro atoms. The molecule has 16 nitrogen and oxygen atoms in total. The lowest BCUT2D eigenvalue weighted by Crippen LogP contribution is -2.62. The zero-order chi connectivity index (χ0) is 33.0. The van der Waals surface area contributed by atoms with Crippen LogP contribution in [0.25, 0.3) is 0 Å². The maximum atomic E-state index is 12.6. The Kier molecular flexibility index (Phi) is 11.1. The number of benzene rings is 2. The van der Waals surface area contributed by atoms with Crippen molar-refractivity contribution in [2.75, 3.05) is 38.3 Å². The van der Waals surface area contributed by atoms with Crippen molar-refractivity contribution < 1.29 is 63.9 Å². The number of anilines is 2. The predicted octanol–water partition coefficient (Wildman–Crippen LogP) is -1.55. The molecular weight excluding hydrogens is 598 g/mol. The molecule has 2 aliphatic rings. The molecule has 0 radical (unpaired) electrons. The molecule has 10 atom stereocenters. The second-order valence-electron chi connectivity index (χ2n) is 10.9. The first-order valence-corrected chi connectivity index (χ1v) is 14.2. The smallest absolute Gasteiger partial charge is 0.342 e. The lowest BCUT2D eigenvalue weighted by molar-refractivity contribution is -0.307. The van der Waals surface area contributed by atoms with E-state index in [-0.39, 0.29) is 47.2 Å². The number of nitrogens with one attached hydrogen (secondary N) is 1. The SMILES string of the molecule is CNC1[C@H](C)OC(COC(=O)c2cc(N)ccc2O)[C@H](O)[C@@H]1CO[C@@H]1OC(COC(=O)c2cc(N)ccc2O)[C@H](O)[C@H](O)C1O. The van der Waals surface area contributed by atoms with E-state index in [4.69, 9.17) is 35.2 Å². The fourth-order valence-electron chi connectivity index (χ4n) is 5.37. The Balaban J connectivity index is 1.39. The van der Waals surface area contributed by atoms with E-state index in [1.165, 1.54) is 36.4 Å². The normalized spacial score (nSPS) is 31.7. The van der Waals surface area contributed by atoms with E-state index in [1.807, 2.05) is 0 Å². The van der Waals surface area contributed by atoms with Crippen LogP contribution < -0.4 is 16.8 Å². The van der Waals surface area contributed by atoms with Gasteiger partial charge in [0, 0.05) is 23.3 Å². The molecule has 248 valence electrons. The van der Waals surface area contributed by atoms with Gasteiger partial charge in [0.25, 0.3) is 0 Å². The molecule has 45 heavy (non-hydrogen) atoms. The Morgan fingerprint density at radius 2 is 1.29 bits per heavy atom. The third-order valence-electron chi connectivity index (χ3n) is 7.87. The standard InChI is InChI=1S/C29H39N3O13/c1-12-22(32-2)17(23(35)20(44-12)10-41-27(39)15-7-13(30)3-5-18(15)33)9-43-29-26(38)25(37)24(36)21(45-29)11-42-28(40)16-8-14(31)4-6-19(16)34/h3-8,12,17,20-26,29,32-38H,9-11,30-31H2,1-2H3/t12-,17+,20?,21?,22?,23+,24-,25-,26?,29+/m0/s1. The summed E-state index contributed by atoms with van der Waals surface area (Å²) in [6.45, 7) is 0.515. The van der Waals surface area contributed by atoms with Crippen molar-refractivity contribution in [3.63, 3.8) is 0 Å². The molecule has 4 unspecified atom stereocenters. The summed E-state index contributed by atoms with van der Waals surface area (Å²) in [4.78, 5) is 25.1. The number of likely N-dealkylation sites (N-methyl/N-ethyl adjacent to an activating group) is 1. The maximum absolute atomic E-state index is 12.6. The van der Waals surface area contributed by atoms with E-state index in [2.05, 4.69) is 5.32 Å². The molecule has 2 aromatic carbocycles. The molecule has 2 heterocycles. The highest BCUT2D eigenvalue weighted by atomic mass is 16.7. The first-order valence-electron chi connectivity index (χ1n) is 14.2. The van der Waals surface area contributed by atoms with Crippen molar-refractivity contribution in [1.82, 2.24) is 5.32 Å². The Labute approximate surface area is 258 Å². The fourth-order valence-corrected chi connectivity index (χ4v) is 5.37. The number of phenols is 2. The van der Waals surface area contributed by atoms with Crippen molar-refractivity contribution >= 4 is 23.3 Å². The highest BCUT2D eigenvalue weighted by molar-refractivity contribution is 5.94. The fraction of sp³-hybridized carbons (Fsp3) is 0.517. The van der Waals surface area contributed by atoms with E-state index >= 15 is 0 Å². The largest absolute Gasteiger partial charge is 0.507 e. The number of carbonyl (C=O) groups excluding carboxylic acids is 2. The number of hydrogen-bond donors (Lipinski definition) is 9. The van der Waals surface area contributed by atoms with Gasteiger partial charge in [0.15, 0.2) is 6.29 Å². The van der Waals surface area contributed by atoms with E-state index in [1.54, 1.807) is 14.0 Å². The highest BCUT2D eigenvalue weighted by Crippen LogP contribution is 2.30. The lowest BCUT2D eigenvalue weighted by Gasteiger charge is -2.45. The van der Waals surface area contributed by atoms with Crippen molar-refractivity contribution in [2.24, 2.45) is 5.92 Å². The summed E-state index contributed by atoms with van der Waals surface area (Å²) in [7, 11) is 1.64. The second-order valence-corrected chi connectivity index (χ2v) is 10.9. The zero-order valence-electron chi connectivity index (χ0n) is 24.6. The van der Waals surface area contributed by atoms with Crippen molar-refractivity contribution in [2.45, 2.75) is 62.0 Å². The van der Waals surface area contributed by atoms with Crippen LogP contribution in [0.2, 0.25) is 0 Å². The summed E-state index contributed by atoms with van der Waals surface area (Å²) in [5.74, 6) is -3.28. The van der Waals surface area contributed by atoms with Gasteiger partial charge in [-0.15, -0.1) is 0 Å². The Morgan fingerprint density at radius 1 is 0.778 bits per heavy atom. The van der Waals surface area contributed by atoms with Crippen LogP contribution in [0.4, 0.5) is 11.4 Å². The zero-order valence-corrected chi connectivity index (χ0v) is 24.6. The van der Waals surface area contributed by atoms with Crippen LogP contribution >= 0.6 is 0 Å². The number of phenolic OH excluding ortho intramolecular Hbond substituents is 2. The van der Waals surface area contributed by atoms with Gasteiger partial charge < -0.3 is 71.1 Å². The molecule has 0 bridgehead atoms. The first-order chi connectivity index (χ1) is 21.3. The van der Waals surface area contributed by atoms with Crippen LogP contribution in [0.3, 0.4) is 0 Å². The molecule has 2 aromatic rings.